The van der Waals surface area contributed by atoms with Gasteiger partial charge in [-0.25, -0.2) is 0 Å². The second-order valence-corrected chi connectivity index (χ2v) is 6.66. The molecule has 0 saturated carbocycles. The van der Waals surface area contributed by atoms with E-state index in [1.165, 1.54) is 5.56 Å². The molecule has 0 spiro atoms. The van der Waals surface area contributed by atoms with Crippen LogP contribution in [0.1, 0.15) is 15.9 Å². The van der Waals surface area contributed by atoms with Crippen molar-refractivity contribution in [2.45, 2.75) is 6.42 Å². The molecule has 5 nitrogen and oxygen atoms in total. The Morgan fingerprint density at radius 3 is 2.40 bits per heavy atom. The number of hydrogen-bond acceptors (Lipinski definition) is 4. The zero-order chi connectivity index (χ0) is 21.2. The van der Waals surface area contributed by atoms with Crippen molar-refractivity contribution < 1.29 is 14.3 Å². The molecule has 0 bridgehead atoms. The molecular formula is C25H26N2O3. The van der Waals surface area contributed by atoms with Gasteiger partial charge in [-0.1, -0.05) is 43.0 Å². The zero-order valence-corrected chi connectivity index (χ0v) is 17.1. The average Bonchev–Trinajstić information content (AvgIpc) is 2.79. The lowest BCUT2D eigenvalue weighted by Crippen LogP contribution is -2.12. The van der Waals surface area contributed by atoms with Gasteiger partial charge in [0.2, 0.25) is 0 Å². The van der Waals surface area contributed by atoms with Crippen molar-refractivity contribution in [2.24, 2.45) is 0 Å². The molecule has 3 aromatic carbocycles. The van der Waals surface area contributed by atoms with Crippen LogP contribution in [0.3, 0.4) is 0 Å². The van der Waals surface area contributed by atoms with Crippen molar-refractivity contribution in [3.05, 3.63) is 96.6 Å². The van der Waals surface area contributed by atoms with Gasteiger partial charge in [-0.3, -0.25) is 4.79 Å². The first-order valence-electron chi connectivity index (χ1n) is 9.80. The minimum absolute atomic E-state index is 0.214. The lowest BCUT2D eigenvalue weighted by molar-refractivity contribution is 0.102. The molecule has 0 aliphatic heterocycles. The predicted molar refractivity (Wildman–Crippen MR) is 122 cm³/mol. The Morgan fingerprint density at radius 1 is 0.967 bits per heavy atom. The van der Waals surface area contributed by atoms with Crippen LogP contribution in [-0.4, -0.2) is 26.2 Å². The summed E-state index contributed by atoms with van der Waals surface area (Å²) >= 11 is 0. The number of ether oxygens (including phenoxy) is 2. The topological polar surface area (TPSA) is 59.6 Å². The Hall–Kier alpha value is -3.73. The maximum Gasteiger partial charge on any atom is 0.255 e. The molecule has 30 heavy (non-hydrogen) atoms. The SMILES string of the molecule is C=CCOc1ccc(C(=O)Nc2ccc(NCCc3ccccc3)cc2)cc1OC. The van der Waals surface area contributed by atoms with Crippen LogP contribution in [0.5, 0.6) is 11.5 Å². The molecule has 1 amide bonds. The van der Waals surface area contributed by atoms with Crippen molar-refractivity contribution in [3.8, 4) is 11.5 Å². The molecule has 5 heteroatoms. The molecule has 0 atom stereocenters. The number of rotatable bonds is 10. The quantitative estimate of drug-likeness (QED) is 0.460. The molecule has 154 valence electrons. The summed E-state index contributed by atoms with van der Waals surface area (Å²) in [6, 6.07) is 23.1. The lowest BCUT2D eigenvalue weighted by atomic mass is 10.1. The highest BCUT2D eigenvalue weighted by atomic mass is 16.5. The monoisotopic (exact) mass is 402 g/mol. The van der Waals surface area contributed by atoms with Crippen molar-refractivity contribution in [3.63, 3.8) is 0 Å². The Balaban J connectivity index is 1.55. The van der Waals surface area contributed by atoms with Gasteiger partial charge < -0.3 is 20.1 Å². The van der Waals surface area contributed by atoms with E-state index in [0.29, 0.717) is 23.7 Å². The van der Waals surface area contributed by atoms with Gasteiger partial charge in [-0.2, -0.15) is 0 Å². The summed E-state index contributed by atoms with van der Waals surface area (Å²) in [4.78, 5) is 12.6. The second kappa shape index (κ2) is 10.7. The molecule has 3 aromatic rings. The molecule has 0 heterocycles. The van der Waals surface area contributed by atoms with Gasteiger partial charge in [0.25, 0.3) is 5.91 Å². The summed E-state index contributed by atoms with van der Waals surface area (Å²) in [6.07, 6.45) is 2.61. The van der Waals surface area contributed by atoms with E-state index < -0.39 is 0 Å². The highest BCUT2D eigenvalue weighted by Gasteiger charge is 2.11. The first-order chi connectivity index (χ1) is 14.7. The number of carbonyl (C=O) groups is 1. The fraction of sp³-hybridized carbons (Fsp3) is 0.160. The van der Waals surface area contributed by atoms with Gasteiger partial charge >= 0.3 is 0 Å². The van der Waals surface area contributed by atoms with Crippen LogP contribution < -0.4 is 20.1 Å². The third-order valence-corrected chi connectivity index (χ3v) is 4.51. The molecule has 2 N–H and O–H groups in total. The van der Waals surface area contributed by atoms with Crippen LogP contribution in [-0.2, 0) is 6.42 Å². The van der Waals surface area contributed by atoms with E-state index in [-0.39, 0.29) is 5.91 Å². The molecule has 3 rings (SSSR count). The van der Waals surface area contributed by atoms with E-state index >= 15 is 0 Å². The van der Waals surface area contributed by atoms with Crippen molar-refractivity contribution in [1.29, 1.82) is 0 Å². The highest BCUT2D eigenvalue weighted by Crippen LogP contribution is 2.28. The van der Waals surface area contributed by atoms with Crippen LogP contribution in [0.25, 0.3) is 0 Å². The first kappa shape index (κ1) is 21.0. The van der Waals surface area contributed by atoms with Crippen molar-refractivity contribution in [2.75, 3.05) is 30.9 Å². The van der Waals surface area contributed by atoms with Crippen LogP contribution in [0.15, 0.2) is 85.5 Å². The maximum atomic E-state index is 12.6. The van der Waals surface area contributed by atoms with Crippen LogP contribution >= 0.6 is 0 Å². The third kappa shape index (κ3) is 5.88. The lowest BCUT2D eigenvalue weighted by Gasteiger charge is -2.12. The number of carbonyl (C=O) groups excluding carboxylic acids is 1. The summed E-state index contributed by atoms with van der Waals surface area (Å²) in [5.74, 6) is 0.857. The minimum atomic E-state index is -0.214. The van der Waals surface area contributed by atoms with E-state index in [1.54, 1.807) is 31.4 Å². The van der Waals surface area contributed by atoms with Gasteiger partial charge in [0.1, 0.15) is 6.61 Å². The fourth-order valence-electron chi connectivity index (χ4n) is 2.95. The maximum absolute atomic E-state index is 12.6. The van der Waals surface area contributed by atoms with E-state index in [1.807, 2.05) is 42.5 Å². The van der Waals surface area contributed by atoms with Crippen LogP contribution in [0, 0.1) is 0 Å². The summed E-state index contributed by atoms with van der Waals surface area (Å²) < 4.78 is 10.8. The van der Waals surface area contributed by atoms with Crippen molar-refractivity contribution in [1.82, 2.24) is 0 Å². The molecule has 0 aliphatic rings. The number of hydrogen-bond donors (Lipinski definition) is 2. The summed E-state index contributed by atoms with van der Waals surface area (Å²) in [5, 5.41) is 6.30. The Bertz CT molecular complexity index is 969. The standard InChI is InChI=1S/C25H26N2O3/c1-3-17-30-23-14-9-20(18-24(23)29-2)25(28)27-22-12-10-21(11-13-22)26-16-15-19-7-5-4-6-8-19/h3-14,18,26H,1,15-17H2,2H3,(H,27,28). The normalized spacial score (nSPS) is 10.2. The number of amides is 1. The van der Waals surface area contributed by atoms with Crippen molar-refractivity contribution >= 4 is 17.3 Å². The van der Waals surface area contributed by atoms with Gasteiger partial charge in [-0.05, 0) is 54.4 Å². The number of nitrogens with one attached hydrogen (secondary N) is 2. The van der Waals surface area contributed by atoms with Crippen LogP contribution in [0.2, 0.25) is 0 Å². The van der Waals surface area contributed by atoms with E-state index in [0.717, 1.165) is 24.3 Å². The Kier molecular flexibility index (Phi) is 7.50. The third-order valence-electron chi connectivity index (χ3n) is 4.51. The summed E-state index contributed by atoms with van der Waals surface area (Å²) in [6.45, 7) is 4.84. The van der Waals surface area contributed by atoms with Gasteiger partial charge in [0.05, 0.1) is 7.11 Å². The molecule has 0 fully saturated rings. The largest absolute Gasteiger partial charge is 0.493 e. The minimum Gasteiger partial charge on any atom is -0.493 e. The molecule has 0 unspecified atom stereocenters. The first-order valence-corrected chi connectivity index (χ1v) is 9.80. The van der Waals surface area contributed by atoms with E-state index in [2.05, 4.69) is 29.3 Å². The molecule has 0 saturated heterocycles. The average molecular weight is 402 g/mol. The van der Waals surface area contributed by atoms with Crippen LogP contribution in [0.4, 0.5) is 11.4 Å². The van der Waals surface area contributed by atoms with Gasteiger partial charge in [0, 0.05) is 23.5 Å². The fourth-order valence-corrected chi connectivity index (χ4v) is 2.95. The molecule has 0 aliphatic carbocycles. The smallest absolute Gasteiger partial charge is 0.255 e. The molecule has 0 aromatic heterocycles. The summed E-state index contributed by atoms with van der Waals surface area (Å²) in [7, 11) is 1.54. The zero-order valence-electron chi connectivity index (χ0n) is 17.1. The number of methoxy groups -OCH3 is 1. The Labute approximate surface area is 177 Å². The highest BCUT2D eigenvalue weighted by molar-refractivity contribution is 6.04. The Morgan fingerprint density at radius 2 is 1.70 bits per heavy atom. The predicted octanol–water partition coefficient (Wildman–Crippen LogP) is 5.17. The van der Waals surface area contributed by atoms with Gasteiger partial charge in [-0.15, -0.1) is 0 Å². The number of anilines is 2. The van der Waals surface area contributed by atoms with E-state index in [9.17, 15) is 4.79 Å². The summed E-state index contributed by atoms with van der Waals surface area (Å²) in [5.41, 5.74) is 3.52. The molecule has 0 radical (unpaired) electrons. The second-order valence-electron chi connectivity index (χ2n) is 6.66. The number of benzene rings is 3. The molecular weight excluding hydrogens is 376 g/mol. The van der Waals surface area contributed by atoms with E-state index in [4.69, 9.17) is 9.47 Å². The van der Waals surface area contributed by atoms with Gasteiger partial charge in [0.15, 0.2) is 11.5 Å².